The largest absolute Gasteiger partial charge is 0.494 e. The number of ether oxygens (including phenoxy) is 1. The van der Waals surface area contributed by atoms with Crippen molar-refractivity contribution in [2.75, 3.05) is 14.2 Å². The zero-order valence-electron chi connectivity index (χ0n) is 11.6. The third-order valence-corrected chi connectivity index (χ3v) is 3.15. The molecule has 5 heteroatoms. The summed E-state index contributed by atoms with van der Waals surface area (Å²) >= 11 is 0. The first-order valence-electron chi connectivity index (χ1n) is 6.09. The number of hydrogen-bond donors (Lipinski definition) is 1. The number of methoxy groups -OCH3 is 1. The van der Waals surface area contributed by atoms with Gasteiger partial charge in [-0.05, 0) is 37.7 Å². The minimum Gasteiger partial charge on any atom is -0.494 e. The molecule has 0 fully saturated rings. The minimum absolute atomic E-state index is 0.249. The van der Waals surface area contributed by atoms with Crippen molar-refractivity contribution >= 4 is 0 Å². The Balaban J connectivity index is 2.49. The van der Waals surface area contributed by atoms with E-state index in [2.05, 4.69) is 10.4 Å². The van der Waals surface area contributed by atoms with Gasteiger partial charge in [0.05, 0.1) is 18.5 Å². The third kappa shape index (κ3) is 2.46. The summed E-state index contributed by atoms with van der Waals surface area (Å²) in [4.78, 5) is 0. The van der Waals surface area contributed by atoms with Gasteiger partial charge in [-0.15, -0.1) is 0 Å². The van der Waals surface area contributed by atoms with Crippen molar-refractivity contribution in [3.63, 3.8) is 0 Å². The van der Waals surface area contributed by atoms with Crippen LogP contribution in [0, 0.1) is 12.7 Å². The average molecular weight is 263 g/mol. The molecular formula is C14H18FN3O. The Morgan fingerprint density at radius 3 is 2.74 bits per heavy atom. The van der Waals surface area contributed by atoms with E-state index in [0.29, 0.717) is 6.54 Å². The van der Waals surface area contributed by atoms with Crippen molar-refractivity contribution in [1.82, 2.24) is 15.1 Å². The lowest BCUT2D eigenvalue weighted by atomic mass is 10.1. The van der Waals surface area contributed by atoms with Gasteiger partial charge in [0.25, 0.3) is 0 Å². The molecule has 1 aromatic carbocycles. The van der Waals surface area contributed by atoms with Crippen molar-refractivity contribution in [1.29, 1.82) is 0 Å². The predicted octanol–water partition coefficient (Wildman–Crippen LogP) is 2.26. The number of nitrogens with one attached hydrogen (secondary N) is 1. The van der Waals surface area contributed by atoms with E-state index in [0.717, 1.165) is 22.5 Å². The lowest BCUT2D eigenvalue weighted by Gasteiger charge is -2.07. The van der Waals surface area contributed by atoms with E-state index in [1.54, 1.807) is 10.7 Å². The smallest absolute Gasteiger partial charge is 0.165 e. The van der Waals surface area contributed by atoms with Gasteiger partial charge in [-0.2, -0.15) is 5.10 Å². The van der Waals surface area contributed by atoms with Gasteiger partial charge in [-0.25, -0.2) is 4.39 Å². The second-order valence-corrected chi connectivity index (χ2v) is 4.42. The summed E-state index contributed by atoms with van der Waals surface area (Å²) in [5.41, 5.74) is 3.75. The highest BCUT2D eigenvalue weighted by atomic mass is 19.1. The van der Waals surface area contributed by atoms with Crippen LogP contribution in [-0.2, 0) is 13.6 Å². The molecule has 0 amide bonds. The number of rotatable bonds is 4. The SMILES string of the molecule is CNCc1nn(C)c(-c2ccc(OC)c(F)c2)c1C. The Bertz CT molecular complexity index is 593. The van der Waals surface area contributed by atoms with E-state index in [9.17, 15) is 4.39 Å². The number of hydrogen-bond acceptors (Lipinski definition) is 3. The molecule has 0 aliphatic carbocycles. The number of benzene rings is 1. The molecule has 4 nitrogen and oxygen atoms in total. The van der Waals surface area contributed by atoms with E-state index >= 15 is 0 Å². The van der Waals surface area contributed by atoms with Gasteiger partial charge < -0.3 is 10.1 Å². The molecule has 0 radical (unpaired) electrons. The topological polar surface area (TPSA) is 39.1 Å². The van der Waals surface area contributed by atoms with Gasteiger partial charge in [0, 0.05) is 19.2 Å². The van der Waals surface area contributed by atoms with Crippen LogP contribution in [0.25, 0.3) is 11.3 Å². The Morgan fingerprint density at radius 1 is 1.42 bits per heavy atom. The summed E-state index contributed by atoms with van der Waals surface area (Å²) in [6.07, 6.45) is 0. The lowest BCUT2D eigenvalue weighted by Crippen LogP contribution is -2.06. The number of halogens is 1. The standard InChI is InChI=1S/C14H18FN3O/c1-9-12(8-16-2)17-18(3)14(9)10-5-6-13(19-4)11(15)7-10/h5-7,16H,8H2,1-4H3. The molecule has 0 aliphatic rings. The maximum absolute atomic E-state index is 13.8. The predicted molar refractivity (Wildman–Crippen MR) is 72.7 cm³/mol. The lowest BCUT2D eigenvalue weighted by molar-refractivity contribution is 0.386. The van der Waals surface area contributed by atoms with Crippen LogP contribution in [0.1, 0.15) is 11.3 Å². The molecule has 0 bridgehead atoms. The average Bonchev–Trinajstić information content (AvgIpc) is 2.65. The van der Waals surface area contributed by atoms with E-state index < -0.39 is 0 Å². The van der Waals surface area contributed by atoms with E-state index in [1.807, 2.05) is 27.1 Å². The first-order valence-corrected chi connectivity index (χ1v) is 6.09. The van der Waals surface area contributed by atoms with Crippen molar-refractivity contribution in [3.05, 3.63) is 35.3 Å². The van der Waals surface area contributed by atoms with Crippen LogP contribution >= 0.6 is 0 Å². The highest BCUT2D eigenvalue weighted by Gasteiger charge is 2.15. The molecular weight excluding hydrogens is 245 g/mol. The highest BCUT2D eigenvalue weighted by molar-refractivity contribution is 5.65. The van der Waals surface area contributed by atoms with Gasteiger partial charge >= 0.3 is 0 Å². The summed E-state index contributed by atoms with van der Waals surface area (Å²) in [6, 6.07) is 4.95. The fourth-order valence-electron chi connectivity index (χ4n) is 2.24. The van der Waals surface area contributed by atoms with Gasteiger partial charge in [-0.3, -0.25) is 4.68 Å². The molecule has 102 valence electrons. The third-order valence-electron chi connectivity index (χ3n) is 3.15. The zero-order valence-corrected chi connectivity index (χ0v) is 11.6. The summed E-state index contributed by atoms with van der Waals surface area (Å²) in [5.74, 6) is -0.116. The maximum Gasteiger partial charge on any atom is 0.165 e. The van der Waals surface area contributed by atoms with Crippen molar-refractivity contribution < 1.29 is 9.13 Å². The molecule has 0 saturated carbocycles. The summed E-state index contributed by atoms with van der Waals surface area (Å²) in [6.45, 7) is 2.69. The molecule has 2 rings (SSSR count). The van der Waals surface area contributed by atoms with Crippen LogP contribution in [0.4, 0.5) is 4.39 Å². The van der Waals surface area contributed by atoms with Crippen LogP contribution in [0.3, 0.4) is 0 Å². The monoisotopic (exact) mass is 263 g/mol. The molecule has 19 heavy (non-hydrogen) atoms. The Hall–Kier alpha value is -1.88. The molecule has 0 unspecified atom stereocenters. The fourth-order valence-corrected chi connectivity index (χ4v) is 2.24. The van der Waals surface area contributed by atoms with Gasteiger partial charge in [0.1, 0.15) is 0 Å². The molecule has 0 spiro atoms. The van der Waals surface area contributed by atoms with Crippen LogP contribution in [-0.4, -0.2) is 23.9 Å². The Labute approximate surface area is 112 Å². The molecule has 2 aromatic rings. The van der Waals surface area contributed by atoms with Crippen molar-refractivity contribution in [2.45, 2.75) is 13.5 Å². The van der Waals surface area contributed by atoms with E-state index in [1.165, 1.54) is 13.2 Å². The van der Waals surface area contributed by atoms with Crippen LogP contribution in [0.15, 0.2) is 18.2 Å². The molecule has 0 saturated heterocycles. The normalized spacial score (nSPS) is 10.8. The number of aryl methyl sites for hydroxylation is 1. The van der Waals surface area contributed by atoms with Crippen LogP contribution in [0.2, 0.25) is 0 Å². The zero-order chi connectivity index (χ0) is 14.0. The molecule has 0 atom stereocenters. The summed E-state index contributed by atoms with van der Waals surface area (Å²) < 4.78 is 20.5. The molecule has 1 aromatic heterocycles. The Kier molecular flexibility index (Phi) is 3.85. The molecule has 0 aliphatic heterocycles. The first-order chi connectivity index (χ1) is 9.08. The second-order valence-electron chi connectivity index (χ2n) is 4.42. The highest BCUT2D eigenvalue weighted by Crippen LogP contribution is 2.28. The minimum atomic E-state index is -0.365. The number of aromatic nitrogens is 2. The summed E-state index contributed by atoms with van der Waals surface area (Å²) in [7, 11) is 5.20. The van der Waals surface area contributed by atoms with Crippen molar-refractivity contribution in [3.8, 4) is 17.0 Å². The first kappa shape index (κ1) is 13.5. The van der Waals surface area contributed by atoms with Gasteiger partial charge in [0.2, 0.25) is 0 Å². The Morgan fingerprint density at radius 2 is 2.16 bits per heavy atom. The van der Waals surface area contributed by atoms with E-state index in [-0.39, 0.29) is 11.6 Å². The maximum atomic E-state index is 13.8. The van der Waals surface area contributed by atoms with Gasteiger partial charge in [0.15, 0.2) is 11.6 Å². The fraction of sp³-hybridized carbons (Fsp3) is 0.357. The van der Waals surface area contributed by atoms with Crippen LogP contribution < -0.4 is 10.1 Å². The second kappa shape index (κ2) is 5.40. The number of nitrogens with zero attached hydrogens (tertiary/aromatic N) is 2. The summed E-state index contributed by atoms with van der Waals surface area (Å²) in [5, 5.41) is 7.53. The molecule has 1 heterocycles. The van der Waals surface area contributed by atoms with Crippen molar-refractivity contribution in [2.24, 2.45) is 7.05 Å². The van der Waals surface area contributed by atoms with Crippen LogP contribution in [0.5, 0.6) is 5.75 Å². The molecule has 1 N–H and O–H groups in total. The quantitative estimate of drug-likeness (QED) is 0.919. The van der Waals surface area contributed by atoms with Gasteiger partial charge in [-0.1, -0.05) is 0 Å². The van der Waals surface area contributed by atoms with E-state index in [4.69, 9.17) is 4.74 Å².